The van der Waals surface area contributed by atoms with Crippen molar-refractivity contribution < 1.29 is 46.9 Å². The van der Waals surface area contributed by atoms with E-state index in [-0.39, 0.29) is 19.1 Å². The topological polar surface area (TPSA) is 145 Å². The normalized spacial score (nSPS) is 11.2. The molecule has 0 unspecified atom stereocenters. The summed E-state index contributed by atoms with van der Waals surface area (Å²) in [6.45, 7) is 9.73. The van der Waals surface area contributed by atoms with Gasteiger partial charge in [0.15, 0.2) is 6.35 Å². The standard InChI is InChI=1S/C27H36NO11P/c1-7-33-26(29)35-15-38-40(32,39-16-36-27(30)34-8-2)17-37-22-11-19(5)24(20(6)12-22)14-21-9-10-25(28-31)23(13-21)18(3)4/h9-13,18H,7-8,14-17H2,1-6H3. The average molecular weight is 582 g/mol. The monoisotopic (exact) mass is 581 g/mol. The summed E-state index contributed by atoms with van der Waals surface area (Å²) < 4.78 is 47.9. The minimum atomic E-state index is -4.08. The van der Waals surface area contributed by atoms with Crippen LogP contribution in [0.2, 0.25) is 0 Å². The maximum absolute atomic E-state index is 13.2. The summed E-state index contributed by atoms with van der Waals surface area (Å²) in [5, 5.41) is 3.13. The summed E-state index contributed by atoms with van der Waals surface area (Å²) in [7, 11) is -4.08. The molecule has 40 heavy (non-hydrogen) atoms. The van der Waals surface area contributed by atoms with Gasteiger partial charge < -0.3 is 23.7 Å². The van der Waals surface area contributed by atoms with E-state index < -0.39 is 39.8 Å². The third-order valence-corrected chi connectivity index (χ3v) is 7.07. The first-order valence-corrected chi connectivity index (χ1v) is 14.4. The second kappa shape index (κ2) is 16.0. The Hall–Kier alpha value is -3.47. The lowest BCUT2D eigenvalue weighted by Crippen LogP contribution is -2.15. The van der Waals surface area contributed by atoms with Crippen molar-refractivity contribution >= 4 is 25.6 Å². The van der Waals surface area contributed by atoms with Crippen LogP contribution in [0.25, 0.3) is 0 Å². The van der Waals surface area contributed by atoms with E-state index in [0.717, 1.165) is 27.8 Å². The van der Waals surface area contributed by atoms with Crippen LogP contribution in [0.4, 0.5) is 15.3 Å². The fraction of sp³-hybridized carbons (Fsp3) is 0.481. The highest BCUT2D eigenvalue weighted by molar-refractivity contribution is 7.53. The molecule has 13 heteroatoms. The number of aryl methyl sites for hydroxylation is 2. The van der Waals surface area contributed by atoms with Crippen LogP contribution in [0.1, 0.15) is 61.4 Å². The number of nitroso groups, excluding NO2 is 1. The third-order valence-electron chi connectivity index (χ3n) is 5.63. The molecule has 0 heterocycles. The first kappa shape index (κ1) is 32.7. The van der Waals surface area contributed by atoms with E-state index in [0.29, 0.717) is 17.9 Å². The smallest absolute Gasteiger partial charge is 0.481 e. The first-order valence-electron chi connectivity index (χ1n) is 12.7. The SMILES string of the molecule is CCOC(=O)OCOP(=O)(COc1cc(C)c(Cc2ccc(N=O)c(C(C)C)c2)c(C)c1)OCOC(=O)OCC. The molecule has 0 atom stereocenters. The summed E-state index contributed by atoms with van der Waals surface area (Å²) in [5.74, 6) is 0.545. The molecule has 0 bridgehead atoms. The van der Waals surface area contributed by atoms with E-state index in [4.69, 9.17) is 23.3 Å². The van der Waals surface area contributed by atoms with Crippen molar-refractivity contribution in [1.29, 1.82) is 0 Å². The van der Waals surface area contributed by atoms with Crippen LogP contribution >= 0.6 is 7.60 Å². The summed E-state index contributed by atoms with van der Waals surface area (Å²) in [6.07, 6.45) is -1.98. The van der Waals surface area contributed by atoms with E-state index in [9.17, 15) is 19.1 Å². The highest BCUT2D eigenvalue weighted by atomic mass is 31.2. The molecule has 2 rings (SSSR count). The zero-order valence-corrected chi connectivity index (χ0v) is 24.5. The number of ether oxygens (including phenoxy) is 5. The Morgan fingerprint density at radius 2 is 1.43 bits per heavy atom. The van der Waals surface area contributed by atoms with Gasteiger partial charge in [0.05, 0.1) is 13.2 Å². The summed E-state index contributed by atoms with van der Waals surface area (Å²) in [5.41, 5.74) is 5.27. The van der Waals surface area contributed by atoms with Gasteiger partial charge in [-0.3, -0.25) is 13.6 Å². The Kier molecular flexibility index (Phi) is 13.1. The van der Waals surface area contributed by atoms with Gasteiger partial charge in [0, 0.05) is 0 Å². The molecule has 0 N–H and O–H groups in total. The molecule has 220 valence electrons. The van der Waals surface area contributed by atoms with Crippen molar-refractivity contribution in [2.45, 2.75) is 53.9 Å². The van der Waals surface area contributed by atoms with Crippen molar-refractivity contribution in [1.82, 2.24) is 0 Å². The van der Waals surface area contributed by atoms with Gasteiger partial charge in [-0.25, -0.2) is 9.59 Å². The summed E-state index contributed by atoms with van der Waals surface area (Å²) in [4.78, 5) is 34.0. The molecule has 0 fully saturated rings. The Labute approximate surface area is 233 Å². The van der Waals surface area contributed by atoms with Crippen LogP contribution in [0, 0.1) is 18.8 Å². The van der Waals surface area contributed by atoms with Gasteiger partial charge in [0.2, 0.25) is 13.6 Å². The number of hydrogen-bond donors (Lipinski definition) is 0. The minimum Gasteiger partial charge on any atom is -0.481 e. The Bertz CT molecular complexity index is 1160. The van der Waals surface area contributed by atoms with Crippen LogP contribution in [0.5, 0.6) is 5.75 Å². The average Bonchev–Trinajstić information content (AvgIpc) is 2.90. The zero-order valence-electron chi connectivity index (χ0n) is 23.6. The number of nitrogens with zero attached hydrogens (tertiary/aromatic N) is 1. The van der Waals surface area contributed by atoms with E-state index in [1.165, 1.54) is 0 Å². The molecule has 0 amide bonds. The summed E-state index contributed by atoms with van der Waals surface area (Å²) >= 11 is 0. The van der Waals surface area contributed by atoms with Gasteiger partial charge in [-0.15, -0.1) is 4.91 Å². The molecule has 0 saturated heterocycles. The zero-order chi connectivity index (χ0) is 29.7. The lowest BCUT2D eigenvalue weighted by Gasteiger charge is -2.20. The highest BCUT2D eigenvalue weighted by Crippen LogP contribution is 2.48. The maximum Gasteiger partial charge on any atom is 0.510 e. The second-order valence-corrected chi connectivity index (χ2v) is 10.9. The fourth-order valence-electron chi connectivity index (χ4n) is 3.67. The van der Waals surface area contributed by atoms with Crippen LogP contribution in [0.3, 0.4) is 0 Å². The predicted molar refractivity (Wildman–Crippen MR) is 146 cm³/mol. The fourth-order valence-corrected chi connectivity index (χ4v) is 4.63. The van der Waals surface area contributed by atoms with Crippen LogP contribution in [-0.2, 0) is 39.0 Å². The van der Waals surface area contributed by atoms with E-state index in [1.54, 1.807) is 32.0 Å². The molecular weight excluding hydrogens is 545 g/mol. The highest BCUT2D eigenvalue weighted by Gasteiger charge is 2.28. The van der Waals surface area contributed by atoms with Crippen molar-refractivity contribution in [3.8, 4) is 5.75 Å². The van der Waals surface area contributed by atoms with Gasteiger partial charge >= 0.3 is 19.9 Å². The van der Waals surface area contributed by atoms with Crippen LogP contribution < -0.4 is 4.74 Å². The number of benzene rings is 2. The lowest BCUT2D eigenvalue weighted by molar-refractivity contribution is -0.0217. The molecule has 12 nitrogen and oxygen atoms in total. The van der Waals surface area contributed by atoms with Crippen LogP contribution in [0.15, 0.2) is 35.5 Å². The largest absolute Gasteiger partial charge is 0.510 e. The van der Waals surface area contributed by atoms with E-state index in [1.807, 2.05) is 39.8 Å². The lowest BCUT2D eigenvalue weighted by atomic mass is 9.92. The maximum atomic E-state index is 13.2. The second-order valence-electron chi connectivity index (χ2n) is 8.88. The molecule has 0 aliphatic rings. The minimum absolute atomic E-state index is 0.0817. The predicted octanol–water partition coefficient (Wildman–Crippen LogP) is 7.24. The van der Waals surface area contributed by atoms with Crippen molar-refractivity contribution in [3.05, 3.63) is 63.1 Å². The molecule has 2 aromatic carbocycles. The van der Waals surface area contributed by atoms with Crippen molar-refractivity contribution in [2.75, 3.05) is 33.1 Å². The summed E-state index contributed by atoms with van der Waals surface area (Å²) in [6, 6.07) is 9.16. The number of hydrogen-bond acceptors (Lipinski definition) is 12. The number of carbonyl (C=O) groups is 2. The Morgan fingerprint density at radius 3 is 1.90 bits per heavy atom. The number of rotatable bonds is 15. The van der Waals surface area contributed by atoms with Crippen LogP contribution in [-0.4, -0.2) is 45.5 Å². The molecule has 0 saturated carbocycles. The van der Waals surface area contributed by atoms with E-state index >= 15 is 0 Å². The van der Waals surface area contributed by atoms with Gasteiger partial charge in [-0.05, 0) is 91.2 Å². The van der Waals surface area contributed by atoms with Gasteiger partial charge in [0.1, 0.15) is 11.4 Å². The Balaban J connectivity index is 2.14. The first-order chi connectivity index (χ1) is 19.0. The molecule has 0 aliphatic heterocycles. The quantitative estimate of drug-likeness (QED) is 0.0907. The molecule has 0 aromatic heterocycles. The van der Waals surface area contributed by atoms with E-state index in [2.05, 4.69) is 14.7 Å². The molecular formula is C27H36NO11P. The molecule has 0 spiro atoms. The number of carbonyl (C=O) groups excluding carboxylic acids is 2. The molecule has 0 radical (unpaired) electrons. The van der Waals surface area contributed by atoms with Gasteiger partial charge in [-0.2, -0.15) is 0 Å². The van der Waals surface area contributed by atoms with Gasteiger partial charge in [0.25, 0.3) is 0 Å². The Morgan fingerprint density at radius 1 is 0.875 bits per heavy atom. The van der Waals surface area contributed by atoms with Gasteiger partial charge in [-0.1, -0.05) is 26.0 Å². The molecule has 2 aromatic rings. The van der Waals surface area contributed by atoms with Crippen molar-refractivity contribution in [2.24, 2.45) is 5.18 Å². The third kappa shape index (κ3) is 10.3. The van der Waals surface area contributed by atoms with Crippen molar-refractivity contribution in [3.63, 3.8) is 0 Å². The molecule has 0 aliphatic carbocycles.